The fourth-order valence-electron chi connectivity index (χ4n) is 2.53. The molecule has 1 N–H and O–H groups in total. The summed E-state index contributed by atoms with van der Waals surface area (Å²) in [5, 5.41) is 9.04. The van der Waals surface area contributed by atoms with Crippen LogP contribution in [0.1, 0.15) is 12.1 Å². The van der Waals surface area contributed by atoms with Crippen molar-refractivity contribution in [3.63, 3.8) is 0 Å². The molecule has 1 aromatic heterocycles. The molecule has 3 rings (SSSR count). The van der Waals surface area contributed by atoms with Crippen LogP contribution in [0, 0.1) is 11.7 Å². The van der Waals surface area contributed by atoms with Crippen molar-refractivity contribution < 1.29 is 14.3 Å². The first-order valence-corrected chi connectivity index (χ1v) is 6.18. The minimum atomic E-state index is -0.764. The van der Waals surface area contributed by atoms with Gasteiger partial charge in [0.05, 0.1) is 5.92 Å². The van der Waals surface area contributed by atoms with Crippen molar-refractivity contribution in [1.82, 2.24) is 9.55 Å². The zero-order valence-corrected chi connectivity index (χ0v) is 10.2. The number of halogens is 1. The third-order valence-corrected chi connectivity index (χ3v) is 3.53. The Labute approximate surface area is 109 Å². The van der Waals surface area contributed by atoms with Gasteiger partial charge < -0.3 is 9.67 Å². The molecule has 0 bridgehead atoms. The number of fused-ring (bicyclic) bond motifs is 1. The van der Waals surface area contributed by atoms with Gasteiger partial charge in [-0.3, -0.25) is 4.79 Å². The van der Waals surface area contributed by atoms with E-state index in [1.807, 2.05) is 10.6 Å². The second kappa shape index (κ2) is 4.50. The maximum absolute atomic E-state index is 13.2. The lowest BCUT2D eigenvalue weighted by molar-refractivity contribution is -0.142. The number of imidazole rings is 1. The summed E-state index contributed by atoms with van der Waals surface area (Å²) in [4.78, 5) is 15.3. The van der Waals surface area contributed by atoms with Gasteiger partial charge in [0.15, 0.2) is 0 Å². The van der Waals surface area contributed by atoms with E-state index in [0.29, 0.717) is 25.2 Å². The van der Waals surface area contributed by atoms with Gasteiger partial charge in [0, 0.05) is 30.4 Å². The van der Waals surface area contributed by atoms with E-state index in [1.165, 1.54) is 12.1 Å². The molecule has 1 aromatic carbocycles. The number of carbonyl (C=O) groups is 1. The van der Waals surface area contributed by atoms with Crippen molar-refractivity contribution in [2.45, 2.75) is 19.4 Å². The van der Waals surface area contributed by atoms with Crippen molar-refractivity contribution in [3.8, 4) is 11.4 Å². The van der Waals surface area contributed by atoms with E-state index < -0.39 is 5.97 Å². The Kier molecular flexibility index (Phi) is 2.81. The molecule has 0 spiro atoms. The van der Waals surface area contributed by atoms with E-state index in [-0.39, 0.29) is 11.7 Å². The highest BCUT2D eigenvalue weighted by Crippen LogP contribution is 2.27. The summed E-state index contributed by atoms with van der Waals surface area (Å²) in [7, 11) is 0. The Morgan fingerprint density at radius 2 is 2.32 bits per heavy atom. The molecule has 4 nitrogen and oxygen atoms in total. The SMILES string of the molecule is O=C(O)C1CCn2c(cnc2-c2cccc(F)c2)C1. The summed E-state index contributed by atoms with van der Waals surface area (Å²) >= 11 is 0. The average Bonchev–Trinajstić information content (AvgIpc) is 2.81. The van der Waals surface area contributed by atoms with Gasteiger partial charge in [0.25, 0.3) is 0 Å². The van der Waals surface area contributed by atoms with Crippen LogP contribution in [-0.4, -0.2) is 20.6 Å². The number of carboxylic acid groups (broad SMARTS) is 1. The number of hydrogen-bond acceptors (Lipinski definition) is 2. The molecule has 1 aliphatic rings. The van der Waals surface area contributed by atoms with Crippen LogP contribution in [0.2, 0.25) is 0 Å². The van der Waals surface area contributed by atoms with Crippen LogP contribution in [0.3, 0.4) is 0 Å². The molecule has 0 fully saturated rings. The van der Waals surface area contributed by atoms with Crippen LogP contribution in [0.25, 0.3) is 11.4 Å². The van der Waals surface area contributed by atoms with E-state index >= 15 is 0 Å². The predicted molar refractivity (Wildman–Crippen MR) is 67.1 cm³/mol. The first kappa shape index (κ1) is 11.9. The molecule has 1 aliphatic heterocycles. The monoisotopic (exact) mass is 260 g/mol. The van der Waals surface area contributed by atoms with E-state index in [2.05, 4.69) is 4.98 Å². The lowest BCUT2D eigenvalue weighted by atomic mass is 9.96. The largest absolute Gasteiger partial charge is 0.481 e. The van der Waals surface area contributed by atoms with Gasteiger partial charge >= 0.3 is 5.97 Å². The van der Waals surface area contributed by atoms with E-state index in [0.717, 1.165) is 11.3 Å². The summed E-state index contributed by atoms with van der Waals surface area (Å²) in [6, 6.07) is 6.29. The molecule has 1 unspecified atom stereocenters. The Morgan fingerprint density at radius 3 is 3.05 bits per heavy atom. The number of carboxylic acids is 1. The van der Waals surface area contributed by atoms with Crippen LogP contribution in [0.4, 0.5) is 4.39 Å². The molecule has 98 valence electrons. The first-order chi connectivity index (χ1) is 9.15. The lowest BCUT2D eigenvalue weighted by Gasteiger charge is -2.22. The van der Waals surface area contributed by atoms with Crippen molar-refractivity contribution in [2.75, 3.05) is 0 Å². The Hall–Kier alpha value is -2.17. The maximum Gasteiger partial charge on any atom is 0.306 e. The van der Waals surface area contributed by atoms with Gasteiger partial charge in [0.2, 0.25) is 0 Å². The normalized spacial score (nSPS) is 18.1. The number of hydrogen-bond donors (Lipinski definition) is 1. The number of benzene rings is 1. The first-order valence-electron chi connectivity index (χ1n) is 6.18. The zero-order chi connectivity index (χ0) is 13.4. The summed E-state index contributed by atoms with van der Waals surface area (Å²) in [6.45, 7) is 0.609. The zero-order valence-electron chi connectivity index (χ0n) is 10.2. The molecule has 0 saturated heterocycles. The van der Waals surface area contributed by atoms with Crippen molar-refractivity contribution >= 4 is 5.97 Å². The highest BCUT2D eigenvalue weighted by molar-refractivity contribution is 5.70. The molecule has 2 aromatic rings. The van der Waals surface area contributed by atoms with Gasteiger partial charge in [-0.1, -0.05) is 12.1 Å². The van der Waals surface area contributed by atoms with Crippen LogP contribution in [-0.2, 0) is 17.8 Å². The van der Waals surface area contributed by atoms with Gasteiger partial charge in [-0.25, -0.2) is 9.37 Å². The van der Waals surface area contributed by atoms with Gasteiger partial charge in [-0.2, -0.15) is 0 Å². The van der Waals surface area contributed by atoms with Crippen molar-refractivity contribution in [2.24, 2.45) is 5.92 Å². The second-order valence-electron chi connectivity index (χ2n) is 4.76. The minimum Gasteiger partial charge on any atom is -0.481 e. The number of rotatable bonds is 2. The predicted octanol–water partition coefficient (Wildman–Crippen LogP) is 2.34. The van der Waals surface area contributed by atoms with E-state index in [9.17, 15) is 9.18 Å². The standard InChI is InChI=1S/C14H13FN2O2/c15-11-3-1-2-9(6-11)13-16-8-12-7-10(14(18)19)4-5-17(12)13/h1-3,6,8,10H,4-5,7H2,(H,18,19). The number of nitrogens with zero attached hydrogens (tertiary/aromatic N) is 2. The van der Waals surface area contributed by atoms with Crippen molar-refractivity contribution in [1.29, 1.82) is 0 Å². The fraction of sp³-hybridized carbons (Fsp3) is 0.286. The maximum atomic E-state index is 13.2. The summed E-state index contributed by atoms with van der Waals surface area (Å²) < 4.78 is 15.2. The Morgan fingerprint density at radius 1 is 1.47 bits per heavy atom. The third-order valence-electron chi connectivity index (χ3n) is 3.53. The highest BCUT2D eigenvalue weighted by Gasteiger charge is 2.26. The molecule has 2 heterocycles. The van der Waals surface area contributed by atoms with Crippen LogP contribution in [0.5, 0.6) is 0 Å². The van der Waals surface area contributed by atoms with Crippen LogP contribution < -0.4 is 0 Å². The second-order valence-corrected chi connectivity index (χ2v) is 4.76. The molecular formula is C14H13FN2O2. The molecule has 5 heteroatoms. The summed E-state index contributed by atoms with van der Waals surface area (Å²) in [6.07, 6.45) is 2.76. The van der Waals surface area contributed by atoms with Gasteiger partial charge in [-0.05, 0) is 18.6 Å². The van der Waals surface area contributed by atoms with Crippen molar-refractivity contribution in [3.05, 3.63) is 42.0 Å². The minimum absolute atomic E-state index is 0.297. The molecular weight excluding hydrogens is 247 g/mol. The summed E-state index contributed by atoms with van der Waals surface area (Å²) in [5.41, 5.74) is 1.62. The lowest BCUT2D eigenvalue weighted by Crippen LogP contribution is -2.25. The molecule has 0 radical (unpaired) electrons. The molecule has 1 atom stereocenters. The van der Waals surface area contributed by atoms with Gasteiger partial charge in [0.1, 0.15) is 11.6 Å². The topological polar surface area (TPSA) is 55.1 Å². The van der Waals surface area contributed by atoms with Crippen LogP contribution in [0.15, 0.2) is 30.5 Å². The van der Waals surface area contributed by atoms with E-state index in [1.54, 1.807) is 12.3 Å². The third kappa shape index (κ3) is 2.12. The molecule has 0 aliphatic carbocycles. The quantitative estimate of drug-likeness (QED) is 0.901. The Balaban J connectivity index is 1.97. The fourth-order valence-corrected chi connectivity index (χ4v) is 2.53. The number of aromatic nitrogens is 2. The van der Waals surface area contributed by atoms with Crippen LogP contribution >= 0.6 is 0 Å². The van der Waals surface area contributed by atoms with Gasteiger partial charge in [-0.15, -0.1) is 0 Å². The highest BCUT2D eigenvalue weighted by atomic mass is 19.1. The molecule has 19 heavy (non-hydrogen) atoms. The van der Waals surface area contributed by atoms with E-state index in [4.69, 9.17) is 5.11 Å². The molecule has 0 amide bonds. The number of aliphatic carboxylic acids is 1. The average molecular weight is 260 g/mol. The Bertz CT molecular complexity index is 636. The smallest absolute Gasteiger partial charge is 0.306 e. The molecule has 0 saturated carbocycles. The summed E-state index contributed by atoms with van der Waals surface area (Å²) in [5.74, 6) is -0.697.